The van der Waals surface area contributed by atoms with Crippen molar-refractivity contribution < 1.29 is 0 Å². The number of fused-ring (bicyclic) bond motifs is 1. The minimum absolute atomic E-state index is 0.725. The molecule has 0 bridgehead atoms. The van der Waals surface area contributed by atoms with Gasteiger partial charge in [0, 0.05) is 18.5 Å². The van der Waals surface area contributed by atoms with Crippen LogP contribution in [-0.2, 0) is 6.42 Å². The Labute approximate surface area is 128 Å². The van der Waals surface area contributed by atoms with Crippen LogP contribution in [0.3, 0.4) is 0 Å². The quantitative estimate of drug-likeness (QED) is 0.882. The molecule has 0 aliphatic carbocycles. The first-order valence-electron chi connectivity index (χ1n) is 7.97. The highest BCUT2D eigenvalue weighted by atomic mass is 15.2. The first-order chi connectivity index (χ1) is 10.1. The van der Waals surface area contributed by atoms with Gasteiger partial charge in [-0.05, 0) is 69.8 Å². The van der Waals surface area contributed by atoms with Crippen molar-refractivity contribution in [1.29, 1.82) is 0 Å². The minimum Gasteiger partial charge on any atom is -0.357 e. The molecule has 2 rings (SSSR count). The number of aromatic nitrogens is 1. The molecule has 114 valence electrons. The number of hydrogen-bond acceptors (Lipinski definition) is 3. The zero-order chi connectivity index (χ0) is 15.4. The van der Waals surface area contributed by atoms with E-state index in [1.165, 1.54) is 22.1 Å². The maximum Gasteiger partial charge on any atom is 0.132 e. The van der Waals surface area contributed by atoms with Crippen molar-refractivity contribution >= 4 is 16.7 Å². The van der Waals surface area contributed by atoms with Crippen LogP contribution in [0.25, 0.3) is 10.9 Å². The maximum atomic E-state index is 5.70. The zero-order valence-electron chi connectivity index (χ0n) is 13.7. The minimum atomic E-state index is 0.725. The summed E-state index contributed by atoms with van der Waals surface area (Å²) in [5.41, 5.74) is 10.7. The summed E-state index contributed by atoms with van der Waals surface area (Å²) in [7, 11) is 0. The molecule has 1 aromatic heterocycles. The lowest BCUT2D eigenvalue weighted by molar-refractivity contribution is 0.799. The molecule has 1 aromatic carbocycles. The average molecular weight is 285 g/mol. The van der Waals surface area contributed by atoms with Crippen molar-refractivity contribution in [2.75, 3.05) is 24.5 Å². The number of hydrogen-bond donors (Lipinski definition) is 1. The molecule has 3 heteroatoms. The largest absolute Gasteiger partial charge is 0.357 e. The molecule has 0 fully saturated rings. The van der Waals surface area contributed by atoms with E-state index in [4.69, 9.17) is 10.7 Å². The van der Waals surface area contributed by atoms with Crippen LogP contribution < -0.4 is 10.6 Å². The Morgan fingerprint density at radius 1 is 1.10 bits per heavy atom. The van der Waals surface area contributed by atoms with Crippen LogP contribution in [0, 0.1) is 13.8 Å². The van der Waals surface area contributed by atoms with Gasteiger partial charge in [-0.15, -0.1) is 0 Å². The predicted octanol–water partition coefficient (Wildman–Crippen LogP) is 3.59. The SMILES string of the molecule is CCN(CC)c1nc2c(C)ccc(C)c2cc1CCCN. The van der Waals surface area contributed by atoms with E-state index in [0.717, 1.165) is 43.8 Å². The summed E-state index contributed by atoms with van der Waals surface area (Å²) in [6, 6.07) is 6.67. The third-order valence-electron chi connectivity index (χ3n) is 4.17. The second-order valence-electron chi connectivity index (χ2n) is 5.63. The third-order valence-corrected chi connectivity index (χ3v) is 4.17. The molecule has 0 unspecified atom stereocenters. The highest BCUT2D eigenvalue weighted by Gasteiger charge is 2.13. The summed E-state index contributed by atoms with van der Waals surface area (Å²) in [6.07, 6.45) is 2.00. The second kappa shape index (κ2) is 6.90. The van der Waals surface area contributed by atoms with Crippen LogP contribution in [0.15, 0.2) is 18.2 Å². The second-order valence-corrected chi connectivity index (χ2v) is 5.63. The number of nitrogens with two attached hydrogens (primary N) is 1. The summed E-state index contributed by atoms with van der Waals surface area (Å²) in [4.78, 5) is 7.36. The van der Waals surface area contributed by atoms with Gasteiger partial charge >= 0.3 is 0 Å². The van der Waals surface area contributed by atoms with E-state index in [9.17, 15) is 0 Å². The molecule has 2 aromatic rings. The van der Waals surface area contributed by atoms with Gasteiger partial charge in [0.2, 0.25) is 0 Å². The molecule has 1 heterocycles. The van der Waals surface area contributed by atoms with E-state index in [1.807, 2.05) is 0 Å². The summed E-state index contributed by atoms with van der Waals surface area (Å²) in [5, 5.41) is 1.28. The molecular weight excluding hydrogens is 258 g/mol. The van der Waals surface area contributed by atoms with Crippen molar-refractivity contribution in [3.8, 4) is 0 Å². The van der Waals surface area contributed by atoms with Gasteiger partial charge in [-0.2, -0.15) is 0 Å². The summed E-state index contributed by atoms with van der Waals surface area (Å²) < 4.78 is 0. The van der Waals surface area contributed by atoms with Gasteiger partial charge in [0.1, 0.15) is 5.82 Å². The standard InChI is InChI=1S/C18H27N3/c1-5-21(6-2)18-15(8-7-11-19)12-16-13(3)9-10-14(4)17(16)20-18/h9-10,12H,5-8,11,19H2,1-4H3. The monoisotopic (exact) mass is 285 g/mol. The number of pyridine rings is 1. The molecule has 0 saturated heterocycles. The highest BCUT2D eigenvalue weighted by molar-refractivity contribution is 5.87. The molecule has 3 nitrogen and oxygen atoms in total. The lowest BCUT2D eigenvalue weighted by Crippen LogP contribution is -2.24. The van der Waals surface area contributed by atoms with Crippen LogP contribution in [0.2, 0.25) is 0 Å². The zero-order valence-corrected chi connectivity index (χ0v) is 13.7. The normalized spacial score (nSPS) is 11.1. The van der Waals surface area contributed by atoms with Gasteiger partial charge in [-0.3, -0.25) is 0 Å². The topological polar surface area (TPSA) is 42.2 Å². The molecule has 0 atom stereocenters. The smallest absolute Gasteiger partial charge is 0.132 e. The van der Waals surface area contributed by atoms with Crippen molar-refractivity contribution in [1.82, 2.24) is 4.98 Å². The molecule has 0 aliphatic heterocycles. The Kier molecular flexibility index (Phi) is 5.18. The Balaban J connectivity index is 2.65. The van der Waals surface area contributed by atoms with E-state index < -0.39 is 0 Å². The van der Waals surface area contributed by atoms with Crippen molar-refractivity contribution in [3.63, 3.8) is 0 Å². The molecule has 0 aliphatic rings. The lowest BCUT2D eigenvalue weighted by Gasteiger charge is -2.24. The molecule has 2 N–H and O–H groups in total. The molecule has 0 radical (unpaired) electrons. The van der Waals surface area contributed by atoms with Crippen LogP contribution in [0.5, 0.6) is 0 Å². The van der Waals surface area contributed by atoms with Gasteiger partial charge in [0.25, 0.3) is 0 Å². The third kappa shape index (κ3) is 3.18. The maximum absolute atomic E-state index is 5.70. The molecule has 0 saturated carbocycles. The van der Waals surface area contributed by atoms with Gasteiger partial charge in [-0.1, -0.05) is 12.1 Å². The van der Waals surface area contributed by atoms with Crippen molar-refractivity contribution in [2.45, 2.75) is 40.5 Å². The number of aryl methyl sites for hydroxylation is 3. The fourth-order valence-corrected chi connectivity index (χ4v) is 2.84. The Morgan fingerprint density at radius 3 is 2.38 bits per heavy atom. The van der Waals surface area contributed by atoms with Gasteiger partial charge in [-0.25, -0.2) is 4.98 Å². The number of nitrogens with zero attached hydrogens (tertiary/aromatic N) is 2. The van der Waals surface area contributed by atoms with E-state index >= 15 is 0 Å². The predicted molar refractivity (Wildman–Crippen MR) is 92.2 cm³/mol. The van der Waals surface area contributed by atoms with Crippen LogP contribution in [0.4, 0.5) is 5.82 Å². The van der Waals surface area contributed by atoms with Crippen LogP contribution in [0.1, 0.15) is 37.0 Å². The summed E-state index contributed by atoms with van der Waals surface area (Å²) in [6.45, 7) is 11.4. The molecular formula is C18H27N3. The Bertz CT molecular complexity index is 615. The van der Waals surface area contributed by atoms with Gasteiger partial charge < -0.3 is 10.6 Å². The van der Waals surface area contributed by atoms with E-state index in [0.29, 0.717) is 0 Å². The molecule has 0 amide bonds. The first kappa shape index (κ1) is 15.8. The molecule has 21 heavy (non-hydrogen) atoms. The number of benzene rings is 1. The van der Waals surface area contributed by atoms with Crippen molar-refractivity contribution in [2.24, 2.45) is 5.73 Å². The van der Waals surface area contributed by atoms with Gasteiger partial charge in [0.15, 0.2) is 0 Å². The van der Waals surface area contributed by atoms with Crippen LogP contribution >= 0.6 is 0 Å². The summed E-state index contributed by atoms with van der Waals surface area (Å²) >= 11 is 0. The highest BCUT2D eigenvalue weighted by Crippen LogP contribution is 2.28. The van der Waals surface area contributed by atoms with E-state index in [2.05, 4.69) is 50.8 Å². The lowest BCUT2D eigenvalue weighted by atomic mass is 10.0. The number of rotatable bonds is 6. The fourth-order valence-electron chi connectivity index (χ4n) is 2.84. The Morgan fingerprint density at radius 2 is 1.76 bits per heavy atom. The van der Waals surface area contributed by atoms with Crippen LogP contribution in [-0.4, -0.2) is 24.6 Å². The van der Waals surface area contributed by atoms with E-state index in [-0.39, 0.29) is 0 Å². The fraction of sp³-hybridized carbons (Fsp3) is 0.500. The molecule has 0 spiro atoms. The first-order valence-corrected chi connectivity index (χ1v) is 7.97. The van der Waals surface area contributed by atoms with E-state index in [1.54, 1.807) is 0 Å². The Hall–Kier alpha value is -1.61. The van der Waals surface area contributed by atoms with Crippen molar-refractivity contribution in [3.05, 3.63) is 34.9 Å². The summed E-state index contributed by atoms with van der Waals surface area (Å²) in [5.74, 6) is 1.13. The van der Waals surface area contributed by atoms with Gasteiger partial charge in [0.05, 0.1) is 5.52 Å². The number of anilines is 1. The average Bonchev–Trinajstić information content (AvgIpc) is 2.50.